The van der Waals surface area contributed by atoms with Crippen LogP contribution in [-0.4, -0.2) is 78.6 Å². The number of benzene rings is 3. The van der Waals surface area contributed by atoms with Crippen LogP contribution in [0.2, 0.25) is 0 Å². The van der Waals surface area contributed by atoms with Gasteiger partial charge in [-0.25, -0.2) is 15.0 Å². The zero-order valence-electron chi connectivity index (χ0n) is 21.0. The molecule has 0 atom stereocenters. The first-order chi connectivity index (χ1) is 18.3. The van der Waals surface area contributed by atoms with Gasteiger partial charge in [-0.2, -0.15) is 0 Å². The fraction of sp³-hybridized carbons (Fsp3) is 0.300. The lowest BCUT2D eigenvalue weighted by Gasteiger charge is -2.39. The van der Waals surface area contributed by atoms with Gasteiger partial charge in [-0.15, -0.1) is 0 Å². The second-order valence-electron chi connectivity index (χ2n) is 9.50. The Morgan fingerprint density at radius 3 is 1.86 bits per heavy atom. The quantitative estimate of drug-likeness (QED) is 0.291. The molecule has 2 fully saturated rings. The number of para-hydroxylation sites is 2. The molecule has 0 aliphatic carbocycles. The molecule has 3 heterocycles. The van der Waals surface area contributed by atoms with Crippen LogP contribution in [0.1, 0.15) is 17.2 Å². The summed E-state index contributed by atoms with van der Waals surface area (Å²) >= 11 is 0. The van der Waals surface area contributed by atoms with Gasteiger partial charge in [0.15, 0.2) is 11.6 Å². The summed E-state index contributed by atoms with van der Waals surface area (Å²) in [5.74, 6) is 1.51. The Hall–Kier alpha value is -3.81. The number of ether oxygens (including phenoxy) is 1. The molecule has 7 heteroatoms. The molecule has 0 bridgehead atoms. The van der Waals surface area contributed by atoms with Gasteiger partial charge in [0.2, 0.25) is 0 Å². The molecule has 4 aromatic rings. The molecule has 0 spiro atoms. The lowest BCUT2D eigenvalue weighted by atomic mass is 9.96. The number of piperazine rings is 1. The molecule has 1 aromatic heterocycles. The second-order valence-corrected chi connectivity index (χ2v) is 9.50. The first kappa shape index (κ1) is 23.6. The normalized spacial score (nSPS) is 17.2. The Morgan fingerprint density at radius 1 is 0.676 bits per heavy atom. The number of aromatic nitrogens is 2. The molecule has 2 aliphatic rings. The summed E-state index contributed by atoms with van der Waals surface area (Å²) in [7, 11) is 0. The van der Waals surface area contributed by atoms with Gasteiger partial charge in [0.25, 0.3) is 0 Å². The smallest absolute Gasteiger partial charge is 0.197 e. The molecule has 0 radical (unpaired) electrons. The van der Waals surface area contributed by atoms with Crippen molar-refractivity contribution in [1.82, 2.24) is 19.8 Å². The summed E-state index contributed by atoms with van der Waals surface area (Å²) < 4.78 is 5.56. The van der Waals surface area contributed by atoms with Crippen molar-refractivity contribution in [2.24, 2.45) is 4.99 Å². The van der Waals surface area contributed by atoms with Crippen molar-refractivity contribution in [1.29, 1.82) is 0 Å². The molecule has 7 nitrogen and oxygen atoms in total. The molecule has 37 heavy (non-hydrogen) atoms. The van der Waals surface area contributed by atoms with Crippen LogP contribution in [-0.2, 0) is 4.74 Å². The maximum Gasteiger partial charge on any atom is 0.197 e. The molecule has 0 saturated carbocycles. The number of rotatable bonds is 6. The van der Waals surface area contributed by atoms with E-state index >= 15 is 0 Å². The van der Waals surface area contributed by atoms with E-state index in [9.17, 15) is 0 Å². The van der Waals surface area contributed by atoms with E-state index in [2.05, 4.69) is 75.4 Å². The van der Waals surface area contributed by atoms with E-state index in [0.29, 0.717) is 19.0 Å². The number of nitrogens with zero attached hydrogens (tertiary/aromatic N) is 6. The van der Waals surface area contributed by atoms with Crippen molar-refractivity contribution >= 4 is 29.0 Å². The molecule has 0 unspecified atom stereocenters. The molecule has 2 aliphatic heterocycles. The van der Waals surface area contributed by atoms with Gasteiger partial charge in [-0.1, -0.05) is 72.8 Å². The Balaban J connectivity index is 1.20. The summed E-state index contributed by atoms with van der Waals surface area (Å²) in [4.78, 5) is 21.8. The third-order valence-corrected chi connectivity index (χ3v) is 7.13. The van der Waals surface area contributed by atoms with E-state index < -0.39 is 0 Å². The van der Waals surface area contributed by atoms with Crippen LogP contribution in [0.5, 0.6) is 0 Å². The van der Waals surface area contributed by atoms with Crippen molar-refractivity contribution in [3.05, 3.63) is 96.1 Å². The lowest BCUT2D eigenvalue weighted by molar-refractivity contribution is 0.122. The summed E-state index contributed by atoms with van der Waals surface area (Å²) in [5, 5.41) is 0. The van der Waals surface area contributed by atoms with Gasteiger partial charge in [0, 0.05) is 39.3 Å². The van der Waals surface area contributed by atoms with Gasteiger partial charge >= 0.3 is 0 Å². The highest BCUT2D eigenvalue weighted by molar-refractivity contribution is 5.80. The van der Waals surface area contributed by atoms with Crippen molar-refractivity contribution < 1.29 is 4.74 Å². The van der Waals surface area contributed by atoms with Gasteiger partial charge in [-0.3, -0.25) is 4.90 Å². The van der Waals surface area contributed by atoms with E-state index in [1.54, 1.807) is 0 Å². The van der Waals surface area contributed by atoms with Crippen LogP contribution in [0, 0.1) is 0 Å². The van der Waals surface area contributed by atoms with Crippen LogP contribution in [0.25, 0.3) is 11.0 Å². The van der Waals surface area contributed by atoms with Crippen LogP contribution >= 0.6 is 0 Å². The number of aliphatic imine (C=N–C) groups is 1. The Morgan fingerprint density at radius 2 is 1.24 bits per heavy atom. The van der Waals surface area contributed by atoms with E-state index in [-0.39, 0.29) is 6.04 Å². The minimum atomic E-state index is 0.251. The fourth-order valence-electron chi connectivity index (χ4n) is 5.19. The zero-order valence-corrected chi connectivity index (χ0v) is 21.0. The summed E-state index contributed by atoms with van der Waals surface area (Å²) in [5.41, 5.74) is 4.42. The molecule has 6 rings (SSSR count). The van der Waals surface area contributed by atoms with E-state index in [0.717, 1.165) is 56.1 Å². The lowest BCUT2D eigenvalue weighted by Crippen LogP contribution is -2.47. The summed E-state index contributed by atoms with van der Waals surface area (Å²) in [6.07, 6.45) is 1.96. The average Bonchev–Trinajstić information content (AvgIpc) is 2.98. The number of hydrogen-bond donors (Lipinski definition) is 0. The number of hydrogen-bond acceptors (Lipinski definition) is 6. The molecule has 188 valence electrons. The van der Waals surface area contributed by atoms with Crippen molar-refractivity contribution in [3.63, 3.8) is 0 Å². The van der Waals surface area contributed by atoms with Crippen LogP contribution in [0.3, 0.4) is 0 Å². The van der Waals surface area contributed by atoms with Gasteiger partial charge in [-0.05, 0) is 23.3 Å². The minimum absolute atomic E-state index is 0.251. The van der Waals surface area contributed by atoms with E-state index in [1.165, 1.54) is 11.1 Å². The Labute approximate surface area is 218 Å². The Bertz CT molecular complexity index is 1290. The predicted molar refractivity (Wildman–Crippen MR) is 149 cm³/mol. The summed E-state index contributed by atoms with van der Waals surface area (Å²) in [6.45, 7) is 6.73. The van der Waals surface area contributed by atoms with Crippen molar-refractivity contribution in [2.75, 3.05) is 57.4 Å². The van der Waals surface area contributed by atoms with Gasteiger partial charge in [0.05, 0.1) is 36.6 Å². The maximum atomic E-state index is 5.56. The first-order valence-corrected chi connectivity index (χ1v) is 13.1. The van der Waals surface area contributed by atoms with E-state index in [4.69, 9.17) is 19.7 Å². The predicted octanol–water partition coefficient (Wildman–Crippen LogP) is 4.53. The fourth-order valence-corrected chi connectivity index (χ4v) is 5.19. The number of fused-ring (bicyclic) bond motifs is 1. The molecule has 0 N–H and O–H groups in total. The highest BCUT2D eigenvalue weighted by Crippen LogP contribution is 2.30. The topological polar surface area (TPSA) is 57.1 Å². The number of morpholine rings is 1. The van der Waals surface area contributed by atoms with Gasteiger partial charge < -0.3 is 14.5 Å². The molecule has 3 aromatic carbocycles. The monoisotopic (exact) mass is 492 g/mol. The maximum absolute atomic E-state index is 5.56. The largest absolute Gasteiger partial charge is 0.378 e. The molecule has 0 amide bonds. The highest BCUT2D eigenvalue weighted by Gasteiger charge is 2.26. The van der Waals surface area contributed by atoms with Crippen LogP contribution in [0.4, 0.5) is 11.6 Å². The minimum Gasteiger partial charge on any atom is -0.378 e. The molecular weight excluding hydrogens is 460 g/mol. The third-order valence-electron chi connectivity index (χ3n) is 7.13. The highest BCUT2D eigenvalue weighted by atomic mass is 16.5. The van der Waals surface area contributed by atoms with E-state index in [1.807, 2.05) is 30.6 Å². The number of anilines is 1. The molecular formula is C30H32N6O. The standard InChI is InChI=1S/C30H32N6O/c1-3-9-24(10-4-1)28(25-11-5-2-6-12-25)35-17-15-34(16-18-35)23-31-29-30(36-19-21-37-22-20-36)33-27-14-8-7-13-26(27)32-29/h1-14,23,28H,15-22H2. The van der Waals surface area contributed by atoms with Crippen LogP contribution < -0.4 is 4.90 Å². The van der Waals surface area contributed by atoms with Crippen LogP contribution in [0.15, 0.2) is 89.9 Å². The van der Waals surface area contributed by atoms with Crippen molar-refractivity contribution in [2.45, 2.75) is 6.04 Å². The molecule has 2 saturated heterocycles. The van der Waals surface area contributed by atoms with Crippen molar-refractivity contribution in [3.8, 4) is 0 Å². The second kappa shape index (κ2) is 11.1. The third kappa shape index (κ3) is 5.33. The van der Waals surface area contributed by atoms with Gasteiger partial charge in [0.1, 0.15) is 0 Å². The first-order valence-electron chi connectivity index (χ1n) is 13.1. The Kier molecular flexibility index (Phi) is 7.05. The average molecular weight is 493 g/mol. The summed E-state index contributed by atoms with van der Waals surface area (Å²) in [6, 6.07) is 29.9. The SMILES string of the molecule is C(=Nc1nc2ccccc2nc1N1CCOCC1)N1CCN(C(c2ccccc2)c2ccccc2)CC1. The zero-order chi connectivity index (χ0) is 24.9.